The lowest BCUT2D eigenvalue weighted by Crippen LogP contribution is -2.46. The molecule has 0 aliphatic carbocycles. The SMILES string of the molecule is CNc1c(Cl)cc(C[C@@H](CC(=O)N2CCC(n3c(=O)[nH]c4ccccc43)CC2)C(=O)N2CCC(C3CCN(C)CC3)CC2)cc1C(F)(F)F. The molecule has 6 rings (SSSR count). The van der Waals surface area contributed by atoms with Gasteiger partial charge in [-0.05, 0) is 107 Å². The van der Waals surface area contributed by atoms with Gasteiger partial charge < -0.3 is 25.0 Å². The normalized spacial score (nSPS) is 19.8. The van der Waals surface area contributed by atoms with Crippen LogP contribution in [0.3, 0.4) is 0 Å². The van der Waals surface area contributed by atoms with Crippen molar-refractivity contribution in [2.24, 2.45) is 17.8 Å². The van der Waals surface area contributed by atoms with Gasteiger partial charge in [-0.25, -0.2) is 4.79 Å². The van der Waals surface area contributed by atoms with Crippen LogP contribution in [0.5, 0.6) is 0 Å². The molecule has 3 aromatic rings. The number of nitrogens with zero attached hydrogens (tertiary/aromatic N) is 4. The van der Waals surface area contributed by atoms with E-state index < -0.39 is 17.7 Å². The van der Waals surface area contributed by atoms with Crippen LogP contribution in [0.15, 0.2) is 41.2 Å². The second kappa shape index (κ2) is 14.8. The molecule has 3 aliphatic rings. The lowest BCUT2D eigenvalue weighted by Gasteiger charge is -2.40. The van der Waals surface area contributed by atoms with Crippen molar-refractivity contribution in [3.05, 3.63) is 63.0 Å². The Morgan fingerprint density at radius 3 is 2.18 bits per heavy atom. The van der Waals surface area contributed by atoms with E-state index in [4.69, 9.17) is 11.6 Å². The number of piperidine rings is 3. The van der Waals surface area contributed by atoms with Crippen molar-refractivity contribution in [3.63, 3.8) is 0 Å². The van der Waals surface area contributed by atoms with Crippen LogP contribution < -0.4 is 11.0 Å². The maximum Gasteiger partial charge on any atom is 0.418 e. The number of carbonyl (C=O) groups excluding carboxylic acids is 2. The Bertz CT molecular complexity index is 1700. The van der Waals surface area contributed by atoms with Gasteiger partial charge in [-0.2, -0.15) is 13.2 Å². The number of imidazole rings is 1. The lowest BCUT2D eigenvalue weighted by molar-refractivity contribution is -0.143. The molecule has 1 atom stereocenters. The van der Waals surface area contributed by atoms with Crippen molar-refractivity contribution < 1.29 is 22.8 Å². The molecule has 0 unspecified atom stereocenters. The molecule has 1 aromatic heterocycles. The summed E-state index contributed by atoms with van der Waals surface area (Å²) in [7, 11) is 3.53. The van der Waals surface area contributed by atoms with Crippen molar-refractivity contribution in [1.29, 1.82) is 0 Å². The number of fused-ring (bicyclic) bond motifs is 1. The number of rotatable bonds is 8. The molecule has 0 bridgehead atoms. The number of para-hydroxylation sites is 2. The molecule has 13 heteroatoms. The zero-order valence-electron chi connectivity index (χ0n) is 28.2. The van der Waals surface area contributed by atoms with Gasteiger partial charge in [-0.15, -0.1) is 0 Å². The zero-order valence-corrected chi connectivity index (χ0v) is 29.0. The maximum absolute atomic E-state index is 14.1. The Hall–Kier alpha value is -3.51. The number of aromatic nitrogens is 2. The molecule has 2 N–H and O–H groups in total. The lowest BCUT2D eigenvalue weighted by atomic mass is 9.78. The predicted octanol–water partition coefficient (Wildman–Crippen LogP) is 6.04. The van der Waals surface area contributed by atoms with E-state index in [-0.39, 0.29) is 52.7 Å². The van der Waals surface area contributed by atoms with Gasteiger partial charge >= 0.3 is 11.9 Å². The highest BCUT2D eigenvalue weighted by Gasteiger charge is 2.37. The number of hydrogen-bond donors (Lipinski definition) is 2. The number of benzene rings is 2. The Balaban J connectivity index is 1.17. The van der Waals surface area contributed by atoms with Gasteiger partial charge in [0.2, 0.25) is 11.8 Å². The summed E-state index contributed by atoms with van der Waals surface area (Å²) in [5.74, 6) is -0.0523. The molecule has 2 aromatic carbocycles. The number of carbonyl (C=O) groups is 2. The third-order valence-electron chi connectivity index (χ3n) is 11.0. The third-order valence-corrected chi connectivity index (χ3v) is 11.3. The van der Waals surface area contributed by atoms with Crippen molar-refractivity contribution in [1.82, 2.24) is 24.3 Å². The Labute approximate surface area is 289 Å². The summed E-state index contributed by atoms with van der Waals surface area (Å²) in [6.45, 7) is 4.16. The molecule has 2 amide bonds. The second-order valence-corrected chi connectivity index (χ2v) is 14.5. The average Bonchev–Trinajstić information content (AvgIpc) is 3.43. The first-order chi connectivity index (χ1) is 23.4. The minimum Gasteiger partial charge on any atom is -0.386 e. The van der Waals surface area contributed by atoms with E-state index in [1.165, 1.54) is 13.1 Å². The molecule has 0 spiro atoms. The third kappa shape index (κ3) is 7.80. The van der Waals surface area contributed by atoms with Gasteiger partial charge in [0.05, 0.1) is 33.2 Å². The molecule has 3 saturated heterocycles. The number of likely N-dealkylation sites (tertiary alicyclic amines) is 3. The van der Waals surface area contributed by atoms with E-state index in [0.717, 1.165) is 55.9 Å². The monoisotopic (exact) mass is 702 g/mol. The highest BCUT2D eigenvalue weighted by molar-refractivity contribution is 6.33. The summed E-state index contributed by atoms with van der Waals surface area (Å²) in [5, 5.41) is 2.46. The fraction of sp³-hybridized carbons (Fsp3) is 0.583. The number of halogens is 4. The molecule has 0 saturated carbocycles. The molecule has 4 heterocycles. The van der Waals surface area contributed by atoms with Crippen LogP contribution in [0, 0.1) is 17.8 Å². The van der Waals surface area contributed by atoms with Gasteiger partial charge in [0, 0.05) is 45.7 Å². The molecule has 9 nitrogen and oxygen atoms in total. The first-order valence-corrected chi connectivity index (χ1v) is 17.8. The molecule has 3 fully saturated rings. The standard InChI is InChI=1S/C36H46ClF3N6O3/c1-41-33-28(36(38,39)40)20-23(21-29(33)37)19-26(34(48)45-15-9-25(10-16-45)24-7-13-43(2)14-8-24)22-32(47)44-17-11-27(12-18-44)46-31-6-4-3-5-30(31)42-35(46)49/h3-6,20-21,24-27,41H,7-19,22H2,1-2H3,(H,42,49)/t26-/m0/s1. The highest BCUT2D eigenvalue weighted by atomic mass is 35.5. The van der Waals surface area contributed by atoms with E-state index in [2.05, 4.69) is 22.2 Å². The highest BCUT2D eigenvalue weighted by Crippen LogP contribution is 2.40. The van der Waals surface area contributed by atoms with Crippen LogP contribution in [0.4, 0.5) is 18.9 Å². The summed E-state index contributed by atoms with van der Waals surface area (Å²) >= 11 is 6.32. The Kier molecular flexibility index (Phi) is 10.6. The van der Waals surface area contributed by atoms with E-state index in [0.29, 0.717) is 50.9 Å². The van der Waals surface area contributed by atoms with E-state index in [1.807, 2.05) is 29.2 Å². The topological polar surface area (TPSA) is 93.7 Å². The van der Waals surface area contributed by atoms with Gasteiger partial charge in [0.1, 0.15) is 0 Å². The van der Waals surface area contributed by atoms with Gasteiger partial charge in [-0.1, -0.05) is 23.7 Å². The molecule has 3 aliphatic heterocycles. The number of alkyl halides is 3. The number of anilines is 1. The number of hydrogen-bond acceptors (Lipinski definition) is 5. The summed E-state index contributed by atoms with van der Waals surface area (Å²) in [5.41, 5.74) is 0.551. The zero-order chi connectivity index (χ0) is 34.9. The van der Waals surface area contributed by atoms with Crippen molar-refractivity contribution >= 4 is 40.1 Å². The Morgan fingerprint density at radius 2 is 1.55 bits per heavy atom. The second-order valence-electron chi connectivity index (χ2n) is 14.1. The smallest absolute Gasteiger partial charge is 0.386 e. The summed E-state index contributed by atoms with van der Waals surface area (Å²) in [4.78, 5) is 49.5. The van der Waals surface area contributed by atoms with Crippen LogP contribution in [-0.4, -0.2) is 89.4 Å². The summed E-state index contributed by atoms with van der Waals surface area (Å²) < 4.78 is 43.9. The predicted molar refractivity (Wildman–Crippen MR) is 185 cm³/mol. The molecular formula is C36H46ClF3N6O3. The first-order valence-electron chi connectivity index (χ1n) is 17.4. The van der Waals surface area contributed by atoms with E-state index in [1.54, 1.807) is 9.47 Å². The number of amides is 2. The van der Waals surface area contributed by atoms with Crippen LogP contribution >= 0.6 is 11.6 Å². The minimum absolute atomic E-state index is 0.0343. The summed E-state index contributed by atoms with van der Waals surface area (Å²) in [6.07, 6.45) is 0.446. The van der Waals surface area contributed by atoms with E-state index in [9.17, 15) is 27.6 Å². The molecular weight excluding hydrogens is 657 g/mol. The first kappa shape index (κ1) is 35.3. The molecule has 49 heavy (non-hydrogen) atoms. The fourth-order valence-corrected chi connectivity index (χ4v) is 8.63. The van der Waals surface area contributed by atoms with Crippen molar-refractivity contribution in [2.75, 3.05) is 58.7 Å². The van der Waals surface area contributed by atoms with E-state index >= 15 is 0 Å². The van der Waals surface area contributed by atoms with Crippen LogP contribution in [0.2, 0.25) is 5.02 Å². The largest absolute Gasteiger partial charge is 0.418 e. The van der Waals surface area contributed by atoms with Crippen LogP contribution in [-0.2, 0) is 22.2 Å². The Morgan fingerprint density at radius 1 is 0.939 bits per heavy atom. The van der Waals surface area contributed by atoms with Gasteiger partial charge in [0.15, 0.2) is 0 Å². The van der Waals surface area contributed by atoms with Gasteiger partial charge in [0.25, 0.3) is 0 Å². The fourth-order valence-electron chi connectivity index (χ4n) is 8.29. The van der Waals surface area contributed by atoms with Gasteiger partial charge in [-0.3, -0.25) is 14.2 Å². The number of nitrogens with one attached hydrogen (secondary N) is 2. The molecule has 266 valence electrons. The summed E-state index contributed by atoms with van der Waals surface area (Å²) in [6, 6.07) is 9.94. The molecule has 0 radical (unpaired) electrons. The maximum atomic E-state index is 14.1. The van der Waals surface area contributed by atoms with Crippen LogP contribution in [0.25, 0.3) is 11.0 Å². The van der Waals surface area contributed by atoms with Crippen LogP contribution in [0.1, 0.15) is 62.1 Å². The van der Waals surface area contributed by atoms with Crippen molar-refractivity contribution in [2.45, 2.75) is 63.6 Å². The number of H-pyrrole nitrogens is 1. The quantitative estimate of drug-likeness (QED) is 0.299. The number of aromatic amines is 1. The average molecular weight is 703 g/mol. The van der Waals surface area contributed by atoms with Crippen molar-refractivity contribution in [3.8, 4) is 0 Å². The minimum atomic E-state index is -4.65.